The minimum atomic E-state index is 0.818. The van der Waals surface area contributed by atoms with E-state index in [0.29, 0.717) is 0 Å². The van der Waals surface area contributed by atoms with Gasteiger partial charge in [0.25, 0.3) is 0 Å². The van der Waals surface area contributed by atoms with E-state index in [4.69, 9.17) is 4.74 Å². The Labute approximate surface area is 196 Å². The first-order valence-electron chi connectivity index (χ1n) is 12.8. The highest BCUT2D eigenvalue weighted by Crippen LogP contribution is 2.26. The highest BCUT2D eigenvalue weighted by molar-refractivity contribution is 7.99. The molecule has 0 unspecified atom stereocenters. The van der Waals surface area contributed by atoms with E-state index in [0.717, 1.165) is 18.8 Å². The molecule has 0 radical (unpaired) electrons. The van der Waals surface area contributed by atoms with E-state index >= 15 is 0 Å². The molecule has 0 atom stereocenters. The molecular weight excluding hydrogens is 396 g/mol. The van der Waals surface area contributed by atoms with Crippen LogP contribution in [-0.2, 0) is 0 Å². The fraction of sp³-hybridized carbons (Fsp3) is 0.586. The second-order valence-electron chi connectivity index (χ2n) is 8.63. The van der Waals surface area contributed by atoms with Crippen molar-refractivity contribution < 1.29 is 4.74 Å². The molecule has 2 aromatic rings. The van der Waals surface area contributed by atoms with Crippen LogP contribution in [0.1, 0.15) is 97.3 Å². The van der Waals surface area contributed by atoms with E-state index < -0.39 is 0 Å². The molecule has 0 aromatic heterocycles. The molecule has 0 aliphatic rings. The van der Waals surface area contributed by atoms with Gasteiger partial charge >= 0.3 is 0 Å². The molecule has 0 amide bonds. The first-order chi connectivity index (χ1) is 15.3. The van der Waals surface area contributed by atoms with E-state index in [1.165, 1.54) is 98.8 Å². The van der Waals surface area contributed by atoms with Crippen LogP contribution in [-0.4, -0.2) is 12.4 Å². The molecule has 0 saturated carbocycles. The van der Waals surface area contributed by atoms with Crippen LogP contribution in [0.25, 0.3) is 11.1 Å². The van der Waals surface area contributed by atoms with Crippen molar-refractivity contribution in [1.82, 2.24) is 0 Å². The fourth-order valence-corrected chi connectivity index (χ4v) is 4.72. The molecular formula is C29H44OS. The van der Waals surface area contributed by atoms with Gasteiger partial charge in [-0.25, -0.2) is 0 Å². The lowest BCUT2D eigenvalue weighted by atomic mass is 10.1. The van der Waals surface area contributed by atoms with Crippen LogP contribution in [0.3, 0.4) is 0 Å². The Bertz CT molecular complexity index is 662. The Morgan fingerprint density at radius 3 is 1.61 bits per heavy atom. The normalized spacial score (nSPS) is 11.0. The Morgan fingerprint density at radius 2 is 1.03 bits per heavy atom. The molecule has 0 spiro atoms. The first kappa shape index (κ1) is 25.8. The summed E-state index contributed by atoms with van der Waals surface area (Å²) >= 11 is 2.00. The van der Waals surface area contributed by atoms with Crippen molar-refractivity contribution >= 4 is 11.8 Å². The number of hydrogen-bond acceptors (Lipinski definition) is 2. The number of ether oxygens (including phenoxy) is 1. The van der Waals surface area contributed by atoms with Crippen LogP contribution in [0, 0.1) is 0 Å². The predicted octanol–water partition coefficient (Wildman–Crippen LogP) is 9.94. The van der Waals surface area contributed by atoms with Crippen molar-refractivity contribution in [1.29, 1.82) is 0 Å². The highest BCUT2D eigenvalue weighted by Gasteiger charge is 2.01. The van der Waals surface area contributed by atoms with E-state index in [2.05, 4.69) is 62.4 Å². The van der Waals surface area contributed by atoms with Crippen LogP contribution in [0.2, 0.25) is 0 Å². The van der Waals surface area contributed by atoms with Crippen LogP contribution >= 0.6 is 11.8 Å². The third-order valence-corrected chi connectivity index (χ3v) is 6.92. The summed E-state index contributed by atoms with van der Waals surface area (Å²) in [6.45, 7) is 5.32. The molecule has 0 N–H and O–H groups in total. The Hall–Kier alpha value is -1.41. The van der Waals surface area contributed by atoms with Gasteiger partial charge in [-0.3, -0.25) is 0 Å². The van der Waals surface area contributed by atoms with Crippen molar-refractivity contribution in [2.75, 3.05) is 12.4 Å². The summed E-state index contributed by atoms with van der Waals surface area (Å²) in [4.78, 5) is 1.38. The zero-order valence-corrected chi connectivity index (χ0v) is 20.9. The summed E-state index contributed by atoms with van der Waals surface area (Å²) in [6.07, 6.45) is 17.7. The van der Waals surface area contributed by atoms with Gasteiger partial charge in [0.15, 0.2) is 0 Å². The number of unbranched alkanes of at least 4 members (excludes halogenated alkanes) is 11. The van der Waals surface area contributed by atoms with Gasteiger partial charge in [0, 0.05) is 4.90 Å². The number of hydrogen-bond donors (Lipinski definition) is 0. The molecule has 2 heteroatoms. The number of benzene rings is 2. The maximum Gasteiger partial charge on any atom is 0.119 e. The standard InChI is InChI=1S/C29H44OS/c1-3-5-7-8-9-10-11-12-13-15-25-31-29-22-18-27(19-23-29)26-16-20-28(21-17-26)30-24-14-6-4-2/h16-23H,3-15,24-25H2,1-2H3. The smallest absolute Gasteiger partial charge is 0.119 e. The van der Waals surface area contributed by atoms with Crippen LogP contribution in [0.5, 0.6) is 5.75 Å². The summed E-state index contributed by atoms with van der Waals surface area (Å²) in [5.41, 5.74) is 2.54. The summed E-state index contributed by atoms with van der Waals surface area (Å²) in [5.74, 6) is 2.21. The Balaban J connectivity index is 1.58. The SMILES string of the molecule is CCCCCCCCCCCCSc1ccc(-c2ccc(OCCCCC)cc2)cc1. The Kier molecular flexibility index (Phi) is 14.3. The quantitative estimate of drug-likeness (QED) is 0.168. The molecule has 0 aliphatic carbocycles. The molecule has 2 aromatic carbocycles. The van der Waals surface area contributed by atoms with E-state index in [1.807, 2.05) is 11.8 Å². The topological polar surface area (TPSA) is 9.23 Å². The van der Waals surface area contributed by atoms with Gasteiger partial charge in [-0.15, -0.1) is 11.8 Å². The average molecular weight is 441 g/mol. The van der Waals surface area contributed by atoms with Crippen LogP contribution in [0.4, 0.5) is 0 Å². The maximum atomic E-state index is 5.82. The number of rotatable bonds is 18. The predicted molar refractivity (Wildman–Crippen MR) is 139 cm³/mol. The Morgan fingerprint density at radius 1 is 0.548 bits per heavy atom. The van der Waals surface area contributed by atoms with Gasteiger partial charge in [0.05, 0.1) is 6.61 Å². The monoisotopic (exact) mass is 440 g/mol. The first-order valence-corrected chi connectivity index (χ1v) is 13.8. The lowest BCUT2D eigenvalue weighted by Gasteiger charge is -2.08. The molecule has 0 bridgehead atoms. The van der Waals surface area contributed by atoms with E-state index in [1.54, 1.807) is 0 Å². The second kappa shape index (κ2) is 17.2. The van der Waals surface area contributed by atoms with Crippen LogP contribution in [0.15, 0.2) is 53.4 Å². The molecule has 31 heavy (non-hydrogen) atoms. The van der Waals surface area contributed by atoms with Crippen molar-refractivity contribution in [3.63, 3.8) is 0 Å². The molecule has 2 rings (SSSR count). The maximum absolute atomic E-state index is 5.82. The van der Waals surface area contributed by atoms with Gasteiger partial charge in [-0.1, -0.05) is 109 Å². The third kappa shape index (κ3) is 11.7. The molecule has 0 aliphatic heterocycles. The van der Waals surface area contributed by atoms with E-state index in [-0.39, 0.29) is 0 Å². The largest absolute Gasteiger partial charge is 0.494 e. The van der Waals surface area contributed by atoms with Crippen LogP contribution < -0.4 is 4.74 Å². The third-order valence-electron chi connectivity index (χ3n) is 5.83. The van der Waals surface area contributed by atoms with Gasteiger partial charge in [0.2, 0.25) is 0 Å². The van der Waals surface area contributed by atoms with Crippen molar-refractivity contribution in [3.8, 4) is 16.9 Å². The molecule has 1 nitrogen and oxygen atoms in total. The summed E-state index contributed by atoms with van der Waals surface area (Å²) in [6, 6.07) is 17.6. The van der Waals surface area contributed by atoms with Gasteiger partial charge in [0.1, 0.15) is 5.75 Å². The molecule has 0 heterocycles. The van der Waals surface area contributed by atoms with Crippen molar-refractivity contribution in [2.45, 2.75) is 102 Å². The van der Waals surface area contributed by atoms with Gasteiger partial charge in [-0.05, 0) is 54.0 Å². The van der Waals surface area contributed by atoms with Gasteiger partial charge in [-0.2, -0.15) is 0 Å². The second-order valence-corrected chi connectivity index (χ2v) is 9.80. The van der Waals surface area contributed by atoms with E-state index in [9.17, 15) is 0 Å². The molecule has 0 saturated heterocycles. The fourth-order valence-electron chi connectivity index (χ4n) is 3.81. The zero-order valence-electron chi connectivity index (χ0n) is 20.0. The average Bonchev–Trinajstić information content (AvgIpc) is 2.81. The lowest BCUT2D eigenvalue weighted by molar-refractivity contribution is 0.306. The van der Waals surface area contributed by atoms with Crippen molar-refractivity contribution in [2.24, 2.45) is 0 Å². The summed E-state index contributed by atoms with van der Waals surface area (Å²) in [5, 5.41) is 0. The minimum absolute atomic E-state index is 0.818. The highest BCUT2D eigenvalue weighted by atomic mass is 32.2. The lowest BCUT2D eigenvalue weighted by Crippen LogP contribution is -1.96. The van der Waals surface area contributed by atoms with Crippen molar-refractivity contribution in [3.05, 3.63) is 48.5 Å². The van der Waals surface area contributed by atoms with Gasteiger partial charge < -0.3 is 4.74 Å². The summed E-state index contributed by atoms with van der Waals surface area (Å²) < 4.78 is 5.82. The zero-order chi connectivity index (χ0) is 22.0. The summed E-state index contributed by atoms with van der Waals surface area (Å²) in [7, 11) is 0. The number of thioether (sulfide) groups is 1. The molecule has 0 fully saturated rings. The molecule has 172 valence electrons. The minimum Gasteiger partial charge on any atom is -0.494 e.